The van der Waals surface area contributed by atoms with Crippen LogP contribution in [0, 0.1) is 11.8 Å². The van der Waals surface area contributed by atoms with Crippen LogP contribution in [0.1, 0.15) is 33.1 Å². The van der Waals surface area contributed by atoms with Gasteiger partial charge >= 0.3 is 0 Å². The number of rotatable bonds is 0. The van der Waals surface area contributed by atoms with E-state index in [4.69, 9.17) is 0 Å². The van der Waals surface area contributed by atoms with Crippen molar-refractivity contribution in [2.75, 3.05) is 11.5 Å². The first kappa shape index (κ1) is 9.26. The van der Waals surface area contributed by atoms with Gasteiger partial charge in [-0.05, 0) is 31.1 Å². The minimum absolute atomic E-state index is 0.650. The van der Waals surface area contributed by atoms with E-state index in [9.17, 15) is 0 Å². The van der Waals surface area contributed by atoms with Gasteiger partial charge in [0.05, 0.1) is 4.08 Å². The predicted molar refractivity (Wildman–Crippen MR) is 59.8 cm³/mol. The maximum Gasteiger partial charge on any atom is 0.0616 e. The maximum atomic E-state index is 2.43. The lowest BCUT2D eigenvalue weighted by atomic mass is 9.83. The van der Waals surface area contributed by atoms with E-state index in [1.165, 1.54) is 30.8 Å². The highest BCUT2D eigenvalue weighted by molar-refractivity contribution is 8.21. The molecular weight excluding hydrogens is 184 g/mol. The molecule has 2 rings (SSSR count). The first-order valence-electron chi connectivity index (χ1n) is 4.98. The Hall–Kier alpha value is 0.700. The molecule has 0 aromatic rings. The van der Waals surface area contributed by atoms with E-state index >= 15 is 0 Å². The smallest absolute Gasteiger partial charge is 0.0616 e. The zero-order valence-electron chi connectivity index (χ0n) is 8.01. The highest BCUT2D eigenvalue weighted by Crippen LogP contribution is 2.55. The summed E-state index contributed by atoms with van der Waals surface area (Å²) in [5, 5.41) is 0. The van der Waals surface area contributed by atoms with Crippen molar-refractivity contribution >= 4 is 23.5 Å². The van der Waals surface area contributed by atoms with Crippen molar-refractivity contribution in [3.8, 4) is 0 Å². The summed E-state index contributed by atoms with van der Waals surface area (Å²) in [4.78, 5) is 0. The average Bonchev–Trinajstić information content (AvgIpc) is 2.33. The molecule has 0 amide bonds. The molecule has 1 aliphatic heterocycles. The van der Waals surface area contributed by atoms with Gasteiger partial charge in [0.25, 0.3) is 0 Å². The van der Waals surface area contributed by atoms with Crippen LogP contribution in [0.3, 0.4) is 0 Å². The lowest BCUT2D eigenvalue weighted by molar-refractivity contribution is 0.295. The molecular formula is C10H18S2. The van der Waals surface area contributed by atoms with E-state index in [1.54, 1.807) is 0 Å². The van der Waals surface area contributed by atoms with Crippen LogP contribution in [-0.2, 0) is 0 Å². The van der Waals surface area contributed by atoms with Gasteiger partial charge < -0.3 is 0 Å². The number of hydrogen-bond acceptors (Lipinski definition) is 2. The molecule has 1 spiro atoms. The minimum Gasteiger partial charge on any atom is -0.143 e. The second kappa shape index (κ2) is 3.45. The summed E-state index contributed by atoms with van der Waals surface area (Å²) in [6, 6.07) is 0. The molecule has 0 bridgehead atoms. The maximum absolute atomic E-state index is 2.43. The molecule has 0 radical (unpaired) electrons. The topological polar surface area (TPSA) is 0 Å². The Balaban J connectivity index is 2.04. The molecule has 1 aliphatic carbocycles. The second-order valence-corrected chi connectivity index (χ2v) is 7.68. The van der Waals surface area contributed by atoms with Crippen molar-refractivity contribution in [1.82, 2.24) is 0 Å². The summed E-state index contributed by atoms with van der Waals surface area (Å²) >= 11 is 4.47. The first-order chi connectivity index (χ1) is 5.70. The third kappa shape index (κ3) is 1.79. The summed E-state index contributed by atoms with van der Waals surface area (Å²) < 4.78 is 0.650. The Bertz CT molecular complexity index is 149. The lowest BCUT2D eigenvalue weighted by Crippen LogP contribution is -2.30. The third-order valence-electron chi connectivity index (χ3n) is 2.94. The molecule has 2 heteroatoms. The molecule has 0 aromatic carbocycles. The molecule has 0 aromatic heterocycles. The fourth-order valence-corrected chi connectivity index (χ4v) is 6.58. The Morgan fingerprint density at radius 3 is 2.00 bits per heavy atom. The number of hydrogen-bond donors (Lipinski definition) is 0. The van der Waals surface area contributed by atoms with Gasteiger partial charge in [0.15, 0.2) is 0 Å². The summed E-state index contributed by atoms with van der Waals surface area (Å²) in [5.41, 5.74) is 0. The molecule has 12 heavy (non-hydrogen) atoms. The SMILES string of the molecule is CC1CC(C)CC2(C1)SCCS2. The van der Waals surface area contributed by atoms with E-state index in [0.29, 0.717) is 4.08 Å². The van der Waals surface area contributed by atoms with Gasteiger partial charge in [0.2, 0.25) is 0 Å². The molecule has 1 saturated carbocycles. The Kier molecular flexibility index (Phi) is 2.66. The van der Waals surface area contributed by atoms with Crippen molar-refractivity contribution in [2.24, 2.45) is 11.8 Å². The Morgan fingerprint density at radius 1 is 1.00 bits per heavy atom. The van der Waals surface area contributed by atoms with Gasteiger partial charge in [0.1, 0.15) is 0 Å². The van der Waals surface area contributed by atoms with Gasteiger partial charge in [-0.15, -0.1) is 23.5 Å². The summed E-state index contributed by atoms with van der Waals surface area (Å²) in [5.74, 6) is 4.72. The van der Waals surface area contributed by atoms with Crippen molar-refractivity contribution < 1.29 is 0 Å². The average molecular weight is 202 g/mol. The lowest BCUT2D eigenvalue weighted by Gasteiger charge is -2.38. The third-order valence-corrected chi connectivity index (χ3v) is 6.44. The molecule has 2 atom stereocenters. The van der Waals surface area contributed by atoms with Gasteiger partial charge in [-0.3, -0.25) is 0 Å². The van der Waals surface area contributed by atoms with Gasteiger partial charge in [-0.1, -0.05) is 13.8 Å². The van der Waals surface area contributed by atoms with Gasteiger partial charge in [-0.25, -0.2) is 0 Å². The molecule has 2 unspecified atom stereocenters. The molecule has 2 fully saturated rings. The van der Waals surface area contributed by atoms with Crippen LogP contribution in [0.5, 0.6) is 0 Å². The normalized spacial score (nSPS) is 40.5. The Morgan fingerprint density at radius 2 is 1.50 bits per heavy atom. The quantitative estimate of drug-likeness (QED) is 0.588. The van der Waals surface area contributed by atoms with Crippen molar-refractivity contribution in [1.29, 1.82) is 0 Å². The van der Waals surface area contributed by atoms with Crippen molar-refractivity contribution in [2.45, 2.75) is 37.2 Å². The predicted octanol–water partition coefficient (Wildman–Crippen LogP) is 3.62. The van der Waals surface area contributed by atoms with Crippen LogP contribution in [0.2, 0.25) is 0 Å². The van der Waals surface area contributed by atoms with Crippen LogP contribution < -0.4 is 0 Å². The molecule has 70 valence electrons. The summed E-state index contributed by atoms with van der Waals surface area (Å²) in [6.07, 6.45) is 4.39. The van der Waals surface area contributed by atoms with Gasteiger partial charge in [-0.2, -0.15) is 0 Å². The zero-order valence-corrected chi connectivity index (χ0v) is 9.64. The van der Waals surface area contributed by atoms with E-state index in [0.717, 1.165) is 11.8 Å². The van der Waals surface area contributed by atoms with E-state index in [2.05, 4.69) is 37.4 Å². The van der Waals surface area contributed by atoms with E-state index in [-0.39, 0.29) is 0 Å². The van der Waals surface area contributed by atoms with Crippen LogP contribution >= 0.6 is 23.5 Å². The Labute approximate surface area is 84.3 Å². The highest BCUT2D eigenvalue weighted by atomic mass is 32.2. The molecule has 2 aliphatic rings. The zero-order chi connectivity index (χ0) is 8.60. The van der Waals surface area contributed by atoms with Crippen LogP contribution in [0.25, 0.3) is 0 Å². The molecule has 1 heterocycles. The van der Waals surface area contributed by atoms with Crippen LogP contribution in [0.4, 0.5) is 0 Å². The second-order valence-electron chi connectivity index (χ2n) is 4.46. The van der Waals surface area contributed by atoms with Crippen molar-refractivity contribution in [3.63, 3.8) is 0 Å². The fourth-order valence-electron chi connectivity index (χ4n) is 2.73. The van der Waals surface area contributed by atoms with Crippen molar-refractivity contribution in [3.05, 3.63) is 0 Å². The van der Waals surface area contributed by atoms with E-state index < -0.39 is 0 Å². The molecule has 0 N–H and O–H groups in total. The largest absolute Gasteiger partial charge is 0.143 e. The highest BCUT2D eigenvalue weighted by Gasteiger charge is 2.41. The summed E-state index contributed by atoms with van der Waals surface area (Å²) in [7, 11) is 0. The first-order valence-corrected chi connectivity index (χ1v) is 6.95. The molecule has 0 nitrogen and oxygen atoms in total. The van der Waals surface area contributed by atoms with Crippen LogP contribution in [0.15, 0.2) is 0 Å². The molecule has 1 saturated heterocycles. The monoisotopic (exact) mass is 202 g/mol. The standard InChI is InChI=1S/C10H18S2/c1-8-5-9(2)7-10(6-8)11-3-4-12-10/h8-9H,3-7H2,1-2H3. The fraction of sp³-hybridized carbons (Fsp3) is 1.00. The van der Waals surface area contributed by atoms with Gasteiger partial charge in [0, 0.05) is 11.5 Å². The number of thioether (sulfide) groups is 2. The summed E-state index contributed by atoms with van der Waals surface area (Å²) in [6.45, 7) is 4.85. The van der Waals surface area contributed by atoms with Crippen LogP contribution in [-0.4, -0.2) is 15.6 Å². The van der Waals surface area contributed by atoms with E-state index in [1.807, 2.05) is 0 Å². The minimum atomic E-state index is 0.650.